The van der Waals surface area contributed by atoms with Gasteiger partial charge in [0.15, 0.2) is 17.9 Å². The predicted octanol–water partition coefficient (Wildman–Crippen LogP) is 6.65. The summed E-state index contributed by atoms with van der Waals surface area (Å²) in [6, 6.07) is 33.1. The quantitative estimate of drug-likeness (QED) is 0.00925. The van der Waals surface area contributed by atoms with Crippen LogP contribution in [-0.2, 0) is 35.0 Å². The summed E-state index contributed by atoms with van der Waals surface area (Å²) >= 11 is 0. The van der Waals surface area contributed by atoms with Crippen molar-refractivity contribution in [3.05, 3.63) is 176 Å². The molecule has 6 aromatic rings. The number of Topliss-reactive ketones (excluding diaryl/α,β-unsaturated/α-hetero) is 1. The zero-order valence-corrected chi connectivity index (χ0v) is 48.6. The number of rotatable bonds is 26. The molecule has 0 aromatic heterocycles. The van der Waals surface area contributed by atoms with Gasteiger partial charge in [0.1, 0.15) is 66.0 Å². The number of fused-ring (bicyclic) bond motifs is 3. The second-order valence-electron chi connectivity index (χ2n) is 21.4. The number of hydrogen-bond acceptors (Lipinski definition) is 20. The largest absolute Gasteiger partial charge is 0.508 e. The summed E-state index contributed by atoms with van der Waals surface area (Å²) in [4.78, 5) is 62.1. The number of amides is 1. The van der Waals surface area contributed by atoms with E-state index in [9.17, 15) is 54.9 Å². The Bertz CT molecular complexity index is 3520. The normalized spacial score (nSPS) is 20.1. The Morgan fingerprint density at radius 2 is 1.47 bits per heavy atom. The number of oxime groups is 1. The van der Waals surface area contributed by atoms with E-state index in [1.54, 1.807) is 12.1 Å². The van der Waals surface area contributed by atoms with E-state index < -0.39 is 107 Å². The number of phenols is 4. The number of methoxy groups -OCH3 is 1. The molecule has 1 amide bonds. The summed E-state index contributed by atoms with van der Waals surface area (Å²) < 4.78 is 35.0. The Labute approximate surface area is 502 Å². The van der Waals surface area contributed by atoms with Crippen LogP contribution in [0.4, 0.5) is 0 Å². The topological polar surface area (TPSA) is 302 Å². The monoisotopic (exact) mass is 1190 g/mol. The van der Waals surface area contributed by atoms with Crippen molar-refractivity contribution < 1.29 is 88.2 Å². The number of aromatic hydroxyl groups is 4. The number of allylic oxidation sites excluding steroid dienone is 1. The smallest absolute Gasteiger partial charge is 0.255 e. The van der Waals surface area contributed by atoms with Gasteiger partial charge in [-0.15, -0.1) is 0 Å². The summed E-state index contributed by atoms with van der Waals surface area (Å²) in [5.74, 6) is -4.43. The van der Waals surface area contributed by atoms with Gasteiger partial charge in [-0.1, -0.05) is 84.9 Å². The zero-order chi connectivity index (χ0) is 61.9. The molecule has 6 aromatic carbocycles. The van der Waals surface area contributed by atoms with E-state index in [0.29, 0.717) is 45.1 Å². The molecule has 0 spiro atoms. The number of nitrogens with zero attached hydrogens (tertiary/aromatic N) is 2. The maximum atomic E-state index is 14.1. The fraction of sp³-hybridized carbons (Fsp3) is 0.348. The Morgan fingerprint density at radius 1 is 0.793 bits per heavy atom. The van der Waals surface area contributed by atoms with Gasteiger partial charge in [0, 0.05) is 49.0 Å². The van der Waals surface area contributed by atoms with Crippen LogP contribution in [0, 0.1) is 0 Å². The fourth-order valence-electron chi connectivity index (χ4n) is 11.2. The van der Waals surface area contributed by atoms with Crippen LogP contribution in [0.3, 0.4) is 0 Å². The van der Waals surface area contributed by atoms with Crippen LogP contribution >= 0.6 is 0 Å². The maximum absolute atomic E-state index is 14.1. The van der Waals surface area contributed by atoms with Gasteiger partial charge in [-0.25, -0.2) is 0 Å². The molecular weight excluding hydrogens is 1120 g/mol. The maximum Gasteiger partial charge on any atom is 0.255 e. The number of phenolic OH excluding ortho intramolecular Hbond substituents is 4. The summed E-state index contributed by atoms with van der Waals surface area (Å²) in [6.45, 7) is 5.97. The molecule has 1 fully saturated rings. The molecule has 1 aliphatic heterocycles. The molecule has 21 heteroatoms. The summed E-state index contributed by atoms with van der Waals surface area (Å²) in [5, 5.41) is 83.8. The van der Waals surface area contributed by atoms with Crippen LogP contribution in [0.1, 0.15) is 115 Å². The Balaban J connectivity index is 0.702. The van der Waals surface area contributed by atoms with Crippen molar-refractivity contribution in [1.82, 2.24) is 10.2 Å². The van der Waals surface area contributed by atoms with E-state index in [-0.39, 0.29) is 59.0 Å². The van der Waals surface area contributed by atoms with E-state index in [4.69, 9.17) is 33.3 Å². The van der Waals surface area contributed by atoms with Gasteiger partial charge < -0.3 is 79.2 Å². The molecular formula is C66H71N3O18. The molecule has 458 valence electrons. The van der Waals surface area contributed by atoms with Crippen molar-refractivity contribution in [2.45, 2.75) is 75.8 Å². The number of hydrogen-bond donors (Lipinski definition) is 8. The number of benzene rings is 6. The molecule has 1 heterocycles. The van der Waals surface area contributed by atoms with Crippen LogP contribution in [0.5, 0.6) is 34.5 Å². The van der Waals surface area contributed by atoms with Crippen molar-refractivity contribution in [2.75, 3.05) is 73.5 Å². The molecule has 9 rings (SSSR count). The summed E-state index contributed by atoms with van der Waals surface area (Å²) in [6.07, 6.45) is -4.61. The lowest BCUT2D eigenvalue weighted by atomic mass is 9.72. The lowest BCUT2D eigenvalue weighted by Crippen LogP contribution is -2.55. The van der Waals surface area contributed by atoms with Crippen molar-refractivity contribution >= 4 is 40.6 Å². The predicted molar refractivity (Wildman–Crippen MR) is 319 cm³/mol. The van der Waals surface area contributed by atoms with Crippen molar-refractivity contribution in [1.29, 1.82) is 0 Å². The zero-order valence-electron chi connectivity index (χ0n) is 48.6. The van der Waals surface area contributed by atoms with Gasteiger partial charge in [-0.05, 0) is 96.3 Å². The van der Waals surface area contributed by atoms with Crippen LogP contribution < -0.4 is 14.8 Å². The van der Waals surface area contributed by atoms with E-state index in [0.717, 1.165) is 34.4 Å². The van der Waals surface area contributed by atoms with E-state index in [1.807, 2.05) is 49.5 Å². The van der Waals surface area contributed by atoms with Crippen molar-refractivity contribution in [3.8, 4) is 34.5 Å². The second kappa shape index (κ2) is 28.3. The first-order valence-electron chi connectivity index (χ1n) is 28.6. The third-order valence-corrected chi connectivity index (χ3v) is 15.7. The number of nitrogens with one attached hydrogen (secondary N) is 1. The highest BCUT2D eigenvalue weighted by Gasteiger charge is 2.50. The number of aliphatic hydroxyl groups excluding tert-OH is 2. The highest BCUT2D eigenvalue weighted by molar-refractivity contribution is 6.31. The Morgan fingerprint density at radius 3 is 2.17 bits per heavy atom. The van der Waals surface area contributed by atoms with Gasteiger partial charge in [0.2, 0.25) is 5.78 Å². The molecule has 21 nitrogen and oxygen atoms in total. The lowest BCUT2D eigenvalue weighted by molar-refractivity contribution is -0.249. The third-order valence-electron chi connectivity index (χ3n) is 15.7. The molecule has 6 atom stereocenters. The van der Waals surface area contributed by atoms with E-state index in [1.165, 1.54) is 62.2 Å². The Kier molecular flexibility index (Phi) is 20.5. The molecule has 1 saturated heterocycles. The highest BCUT2D eigenvalue weighted by Crippen LogP contribution is 2.53. The van der Waals surface area contributed by atoms with Gasteiger partial charge in [-0.3, -0.25) is 19.2 Å². The first-order chi connectivity index (χ1) is 41.9. The number of likely N-dealkylation sites (N-methyl/N-ethyl adjacent to an activating group) is 1. The SMILES string of the molecule is CC/C(=C(\c1ccccc1)c1ccc(OCCN(C)CCOCCOCCO/N=C/c2ccc(C(=O)N[C@H]3C[C@H](O[C@H]4C[C@](O)(C(=O)CO)Cc5c(O)c6c(c(O)c54)C(=O)c4c(OC)cccc4C6=O)O[C@@H](C)[C@H]3O)c(O)c2)cc1)c1ccc(O)cc1. The van der Waals surface area contributed by atoms with Gasteiger partial charge in [-0.2, -0.15) is 0 Å². The molecule has 3 aliphatic rings. The third kappa shape index (κ3) is 14.2. The van der Waals surface area contributed by atoms with Crippen molar-refractivity contribution in [2.24, 2.45) is 5.16 Å². The average molecular weight is 1190 g/mol. The number of aliphatic hydroxyl groups is 3. The highest BCUT2D eigenvalue weighted by atomic mass is 16.7. The number of ketones is 3. The molecule has 87 heavy (non-hydrogen) atoms. The standard InChI is InChI=1S/C66H71N3O18/c1-5-45(40-15-19-43(71)20-16-40)55(41-10-7-6-8-11-41)42-17-21-44(22-18-42)84-27-25-69(3)24-26-82-28-29-83-30-31-85-67-36-39-14-23-46(50(72)32-39)65(79)68-49-33-54(86-38(2)60(49)74)87-52-35-66(80,53(73)37-70)34-48-57(52)64(78)59-58(62(48)76)61(75)47-12-9-13-51(81-4)56(47)63(59)77/h6-23,32,36,38,49,52,54,60,70-72,74,76,78,80H,5,24-31,33-35,37H2,1-4H3,(H,68,79)/b55-45-,67-36+/t38-,49-,52-,54-,60+,66-/m0/s1. The second-order valence-corrected chi connectivity index (χ2v) is 21.4. The molecule has 0 saturated carbocycles. The molecule has 0 bridgehead atoms. The summed E-state index contributed by atoms with van der Waals surface area (Å²) in [5.41, 5.74) is 1.51. The van der Waals surface area contributed by atoms with E-state index in [2.05, 4.69) is 46.6 Å². The van der Waals surface area contributed by atoms with Crippen molar-refractivity contribution in [3.63, 3.8) is 0 Å². The van der Waals surface area contributed by atoms with Gasteiger partial charge >= 0.3 is 0 Å². The van der Waals surface area contributed by atoms with Crippen LogP contribution in [0.25, 0.3) is 11.1 Å². The lowest BCUT2D eigenvalue weighted by Gasteiger charge is -2.43. The Hall–Kier alpha value is -8.51. The fourth-order valence-corrected chi connectivity index (χ4v) is 11.2. The minimum atomic E-state index is -2.40. The average Bonchev–Trinajstić information content (AvgIpc) is 0.733. The molecule has 8 N–H and O–H groups in total. The minimum absolute atomic E-state index is 0.0389. The minimum Gasteiger partial charge on any atom is -0.508 e. The van der Waals surface area contributed by atoms with E-state index >= 15 is 0 Å². The molecule has 0 radical (unpaired) electrons. The van der Waals surface area contributed by atoms with Crippen LogP contribution in [0.15, 0.2) is 120 Å². The van der Waals surface area contributed by atoms with Crippen LogP contribution in [-0.4, -0.2) is 174 Å². The number of carbonyl (C=O) groups is 4. The molecule has 2 aliphatic carbocycles. The molecule has 0 unspecified atom stereocenters. The first kappa shape index (κ1) is 63.0. The van der Waals surface area contributed by atoms with Gasteiger partial charge in [0.25, 0.3) is 5.91 Å². The number of carbonyl (C=O) groups excluding carboxylic acids is 4. The number of ether oxygens (including phenoxy) is 6. The van der Waals surface area contributed by atoms with Gasteiger partial charge in [0.05, 0.1) is 80.3 Å². The first-order valence-corrected chi connectivity index (χ1v) is 28.6. The summed E-state index contributed by atoms with van der Waals surface area (Å²) in [7, 11) is 3.30. The van der Waals surface area contributed by atoms with Crippen LogP contribution in [0.2, 0.25) is 0 Å².